The number of hydrogen-bond donors (Lipinski definition) is 3. The molecule has 4 rings (SSSR count). The van der Waals surface area contributed by atoms with Gasteiger partial charge < -0.3 is 15.7 Å². The second-order valence-electron chi connectivity index (χ2n) is 8.63. The fourth-order valence-electron chi connectivity index (χ4n) is 4.47. The number of benzene rings is 1. The Bertz CT molecular complexity index is 967. The molecule has 7 heteroatoms. The maximum Gasteiger partial charge on any atom is 0.317 e. The first kappa shape index (κ1) is 21.3. The molecule has 1 aromatic carbocycles. The van der Waals surface area contributed by atoms with E-state index in [1.807, 2.05) is 23.1 Å². The molecule has 0 bridgehead atoms. The number of fused-ring (bicyclic) bond motifs is 1. The normalized spacial score (nSPS) is 16.9. The van der Waals surface area contributed by atoms with Crippen molar-refractivity contribution < 1.29 is 14.7 Å². The van der Waals surface area contributed by atoms with Gasteiger partial charge in [0.05, 0.1) is 12.2 Å². The summed E-state index contributed by atoms with van der Waals surface area (Å²) in [5.74, 6) is 0.470. The van der Waals surface area contributed by atoms with Gasteiger partial charge in [-0.1, -0.05) is 12.1 Å². The summed E-state index contributed by atoms with van der Waals surface area (Å²) in [7, 11) is 0. The van der Waals surface area contributed by atoms with E-state index >= 15 is 0 Å². The lowest BCUT2D eigenvalue weighted by molar-refractivity contribution is -0.138. The Hall–Kier alpha value is -2.93. The Balaban J connectivity index is 1.38. The van der Waals surface area contributed by atoms with Crippen LogP contribution in [0.5, 0.6) is 0 Å². The molecule has 0 saturated carbocycles. The molecule has 0 radical (unpaired) electrons. The number of amides is 1. The number of carbonyl (C=O) groups is 2. The average Bonchev–Trinajstić information content (AvgIpc) is 2.76. The van der Waals surface area contributed by atoms with Crippen molar-refractivity contribution in [1.29, 1.82) is 0 Å². The predicted octanol–water partition coefficient (Wildman–Crippen LogP) is 3.54. The van der Waals surface area contributed by atoms with E-state index < -0.39 is 5.97 Å². The van der Waals surface area contributed by atoms with Crippen molar-refractivity contribution >= 4 is 23.4 Å². The number of aliphatic carboxylic acids is 1. The van der Waals surface area contributed by atoms with Gasteiger partial charge in [-0.05, 0) is 80.9 Å². The van der Waals surface area contributed by atoms with E-state index in [4.69, 9.17) is 10.1 Å². The van der Waals surface area contributed by atoms with Crippen LogP contribution in [0.4, 0.5) is 11.5 Å². The van der Waals surface area contributed by atoms with Crippen molar-refractivity contribution in [2.24, 2.45) is 5.92 Å². The molecule has 2 aliphatic heterocycles. The highest BCUT2D eigenvalue weighted by molar-refractivity contribution is 5.91. The number of carbonyl (C=O) groups excluding carboxylic acids is 1. The summed E-state index contributed by atoms with van der Waals surface area (Å²) in [6.07, 6.45) is 4.36. The molecule has 0 spiro atoms. The fraction of sp³-hybridized carbons (Fsp3) is 0.458. The number of hydrogen-bond acceptors (Lipinski definition) is 5. The smallest absolute Gasteiger partial charge is 0.317 e. The molecule has 31 heavy (non-hydrogen) atoms. The van der Waals surface area contributed by atoms with E-state index in [0.29, 0.717) is 12.3 Å². The van der Waals surface area contributed by atoms with Crippen LogP contribution in [0.1, 0.15) is 36.8 Å². The van der Waals surface area contributed by atoms with Crippen molar-refractivity contribution in [1.82, 2.24) is 9.88 Å². The zero-order valence-electron chi connectivity index (χ0n) is 18.0. The number of pyridine rings is 1. The third-order valence-electron chi connectivity index (χ3n) is 6.23. The summed E-state index contributed by atoms with van der Waals surface area (Å²) >= 11 is 0. The van der Waals surface area contributed by atoms with E-state index in [2.05, 4.69) is 29.7 Å². The van der Waals surface area contributed by atoms with Gasteiger partial charge in [0.15, 0.2) is 0 Å². The van der Waals surface area contributed by atoms with Crippen LogP contribution in [0.3, 0.4) is 0 Å². The van der Waals surface area contributed by atoms with Gasteiger partial charge in [-0.25, -0.2) is 4.98 Å². The van der Waals surface area contributed by atoms with Crippen molar-refractivity contribution in [3.05, 3.63) is 41.5 Å². The lowest BCUT2D eigenvalue weighted by Crippen LogP contribution is -2.38. The lowest BCUT2D eigenvalue weighted by Gasteiger charge is -2.30. The Morgan fingerprint density at radius 3 is 2.81 bits per heavy atom. The average molecular weight is 423 g/mol. The summed E-state index contributed by atoms with van der Waals surface area (Å²) in [5.41, 5.74) is 5.09. The second kappa shape index (κ2) is 9.47. The summed E-state index contributed by atoms with van der Waals surface area (Å²) in [5, 5.41) is 15.3. The third kappa shape index (κ3) is 5.41. The highest BCUT2D eigenvalue weighted by Crippen LogP contribution is 2.29. The zero-order chi connectivity index (χ0) is 21.8. The van der Waals surface area contributed by atoms with Crippen LogP contribution in [0.15, 0.2) is 30.3 Å². The number of rotatable bonds is 6. The number of aromatic nitrogens is 1. The first-order chi connectivity index (χ1) is 15.0. The highest BCUT2D eigenvalue weighted by atomic mass is 16.4. The van der Waals surface area contributed by atoms with Gasteiger partial charge >= 0.3 is 5.97 Å². The maximum atomic E-state index is 12.6. The molecule has 164 valence electrons. The molecule has 1 amide bonds. The molecule has 0 atom stereocenters. The molecule has 0 aliphatic carbocycles. The molecule has 3 heterocycles. The summed E-state index contributed by atoms with van der Waals surface area (Å²) in [6.45, 7) is 4.55. The fourth-order valence-corrected chi connectivity index (χ4v) is 4.47. The largest absolute Gasteiger partial charge is 0.480 e. The molecular weight excluding hydrogens is 392 g/mol. The van der Waals surface area contributed by atoms with Crippen molar-refractivity contribution in [2.75, 3.05) is 36.8 Å². The number of carboxylic acid groups (broad SMARTS) is 1. The first-order valence-corrected chi connectivity index (χ1v) is 11.1. The molecular formula is C24H30N4O3. The minimum atomic E-state index is -0.796. The first-order valence-electron chi connectivity index (χ1n) is 11.1. The van der Waals surface area contributed by atoms with Crippen molar-refractivity contribution in [2.45, 2.75) is 39.0 Å². The molecule has 1 saturated heterocycles. The summed E-state index contributed by atoms with van der Waals surface area (Å²) in [6, 6.07) is 10.2. The van der Waals surface area contributed by atoms with Crippen molar-refractivity contribution in [3.63, 3.8) is 0 Å². The number of anilines is 2. The van der Waals surface area contributed by atoms with E-state index in [9.17, 15) is 9.59 Å². The minimum absolute atomic E-state index is 0.00607. The van der Waals surface area contributed by atoms with E-state index in [1.165, 1.54) is 5.56 Å². The van der Waals surface area contributed by atoms with Gasteiger partial charge in [-0.2, -0.15) is 0 Å². The Kier molecular flexibility index (Phi) is 6.51. The van der Waals surface area contributed by atoms with Gasteiger partial charge in [0, 0.05) is 24.2 Å². The monoisotopic (exact) mass is 422 g/mol. The lowest BCUT2D eigenvalue weighted by atomic mass is 9.93. The number of carboxylic acids is 1. The van der Waals surface area contributed by atoms with Gasteiger partial charge in [0.1, 0.15) is 5.82 Å². The molecule has 0 unspecified atom stereocenters. The number of likely N-dealkylation sites (tertiary alicyclic amines) is 1. The summed E-state index contributed by atoms with van der Waals surface area (Å²) < 4.78 is 0. The SMILES string of the molecule is Cc1ccc(NC(=O)CC2CCN(CC(=O)O)CC2)cc1-c1ccc2c(n1)NCCC2. The Morgan fingerprint density at radius 2 is 2.03 bits per heavy atom. The van der Waals surface area contributed by atoms with Gasteiger partial charge in [0.25, 0.3) is 0 Å². The Morgan fingerprint density at radius 1 is 1.23 bits per heavy atom. The van der Waals surface area contributed by atoms with Crippen LogP contribution in [0, 0.1) is 12.8 Å². The molecule has 7 nitrogen and oxygen atoms in total. The van der Waals surface area contributed by atoms with Crippen LogP contribution in [0.25, 0.3) is 11.3 Å². The molecule has 1 aromatic heterocycles. The van der Waals surface area contributed by atoms with Gasteiger partial charge in [0.2, 0.25) is 5.91 Å². The van der Waals surface area contributed by atoms with E-state index in [1.54, 1.807) is 0 Å². The Labute approximate surface area is 182 Å². The van der Waals surface area contributed by atoms with Crippen LogP contribution >= 0.6 is 0 Å². The zero-order valence-corrected chi connectivity index (χ0v) is 18.0. The number of nitrogens with zero attached hydrogens (tertiary/aromatic N) is 2. The van der Waals surface area contributed by atoms with Crippen molar-refractivity contribution in [3.8, 4) is 11.3 Å². The summed E-state index contributed by atoms with van der Waals surface area (Å²) in [4.78, 5) is 30.2. The topological polar surface area (TPSA) is 94.6 Å². The molecule has 2 aromatic rings. The highest BCUT2D eigenvalue weighted by Gasteiger charge is 2.23. The van der Waals surface area contributed by atoms with E-state index in [0.717, 1.165) is 73.6 Å². The van der Waals surface area contributed by atoms with Crippen LogP contribution in [-0.4, -0.2) is 53.0 Å². The van der Waals surface area contributed by atoms with Crippen LogP contribution in [-0.2, 0) is 16.0 Å². The quantitative estimate of drug-likeness (QED) is 0.659. The molecule has 2 aliphatic rings. The minimum Gasteiger partial charge on any atom is -0.480 e. The predicted molar refractivity (Wildman–Crippen MR) is 121 cm³/mol. The van der Waals surface area contributed by atoms with Crippen LogP contribution < -0.4 is 10.6 Å². The van der Waals surface area contributed by atoms with E-state index in [-0.39, 0.29) is 12.5 Å². The van der Waals surface area contributed by atoms with Crippen LogP contribution in [0.2, 0.25) is 0 Å². The number of nitrogens with one attached hydrogen (secondary N) is 2. The van der Waals surface area contributed by atoms with Gasteiger partial charge in [-0.3, -0.25) is 14.5 Å². The maximum absolute atomic E-state index is 12.6. The molecule has 3 N–H and O–H groups in total. The number of piperidine rings is 1. The van der Waals surface area contributed by atoms with Gasteiger partial charge in [-0.15, -0.1) is 0 Å². The second-order valence-corrected chi connectivity index (χ2v) is 8.63. The standard InChI is InChI=1S/C24H30N4O3/c1-16-4-6-19(14-20(16)21-7-5-18-3-2-10-25-24(18)27-21)26-22(29)13-17-8-11-28(12-9-17)15-23(30)31/h4-7,14,17H,2-3,8-13,15H2,1H3,(H,25,27)(H,26,29)(H,30,31). The third-order valence-corrected chi connectivity index (χ3v) is 6.23. The number of aryl methyl sites for hydroxylation is 2. The molecule has 1 fully saturated rings.